The Hall–Kier alpha value is -4.97. The molecule has 5 atom stereocenters. The lowest BCUT2D eigenvalue weighted by Crippen LogP contribution is -2.62. The number of amides is 5. The van der Waals surface area contributed by atoms with E-state index < -0.39 is 76.2 Å². The summed E-state index contributed by atoms with van der Waals surface area (Å²) in [5, 5.41) is 8.39. The topological polar surface area (TPSA) is 258 Å². The van der Waals surface area contributed by atoms with E-state index in [4.69, 9.17) is 5.73 Å². The van der Waals surface area contributed by atoms with Crippen molar-refractivity contribution in [3.63, 3.8) is 0 Å². The van der Waals surface area contributed by atoms with Gasteiger partial charge in [0.2, 0.25) is 29.2 Å². The van der Waals surface area contributed by atoms with Crippen molar-refractivity contribution >= 4 is 63.2 Å². The van der Waals surface area contributed by atoms with Gasteiger partial charge in [0.1, 0.15) is 29.6 Å². The Morgan fingerprint density at radius 2 is 1.79 bits per heavy atom. The minimum Gasteiger partial charge on any atom is -0.370 e. The number of carbonyl (C=O) groups excluding carboxylic acids is 6. The van der Waals surface area contributed by atoms with E-state index in [0.29, 0.717) is 30.3 Å². The first-order valence-electron chi connectivity index (χ1n) is 18.3. The van der Waals surface area contributed by atoms with Crippen molar-refractivity contribution in [2.45, 2.75) is 87.6 Å². The van der Waals surface area contributed by atoms with E-state index in [2.05, 4.69) is 25.8 Å². The molecule has 2 aliphatic rings. The fraction of sp³-hybridized carbons (Fsp3) is 0.459. The highest BCUT2D eigenvalue weighted by molar-refractivity contribution is 7.90. The number of hydrogen-bond donors (Lipinski definition) is 6. The first-order chi connectivity index (χ1) is 26.6. The second-order valence-electron chi connectivity index (χ2n) is 14.9. The van der Waals surface area contributed by atoms with Crippen LogP contribution >= 0.6 is 7.37 Å². The van der Waals surface area contributed by atoms with Gasteiger partial charge in [0.25, 0.3) is 13.3 Å². The maximum atomic E-state index is 14.7. The monoisotopic (exact) mass is 831 g/mol. The number of nitrogens with one attached hydrogen (secondary N) is 4. The third-order valence-electron chi connectivity index (χ3n) is 10.3. The third kappa shape index (κ3) is 10.3. The lowest BCUT2D eigenvalue weighted by Gasteiger charge is -2.40. The molecule has 20 heteroatoms. The van der Waals surface area contributed by atoms with Crippen LogP contribution in [0.5, 0.6) is 0 Å². The summed E-state index contributed by atoms with van der Waals surface area (Å²) in [5.41, 5.74) is 4.92. The smallest absolute Gasteiger partial charge is 0.268 e. The maximum absolute atomic E-state index is 14.7. The van der Waals surface area contributed by atoms with Crippen molar-refractivity contribution < 1.29 is 51.0 Å². The van der Waals surface area contributed by atoms with Crippen molar-refractivity contribution in [1.29, 1.82) is 0 Å². The van der Waals surface area contributed by atoms with Crippen molar-refractivity contribution in [1.82, 2.24) is 30.7 Å². The van der Waals surface area contributed by atoms with Gasteiger partial charge >= 0.3 is 0 Å². The summed E-state index contributed by atoms with van der Waals surface area (Å²) in [5.74, 6) is -4.22. The van der Waals surface area contributed by atoms with Crippen molar-refractivity contribution in [3.8, 4) is 0 Å². The van der Waals surface area contributed by atoms with Crippen LogP contribution in [0.3, 0.4) is 0 Å². The first-order valence-corrected chi connectivity index (χ1v) is 22.3. The highest BCUT2D eigenvalue weighted by Crippen LogP contribution is 2.40. The quantitative estimate of drug-likeness (QED) is 0.127. The molecule has 2 aromatic carbocycles. The largest absolute Gasteiger partial charge is 0.370 e. The molecule has 2 saturated heterocycles. The number of H-pyrrole nitrogens is 1. The van der Waals surface area contributed by atoms with Crippen LogP contribution in [0.1, 0.15) is 72.4 Å². The van der Waals surface area contributed by atoms with Gasteiger partial charge in [-0.25, -0.2) is 12.8 Å². The predicted octanol–water partition coefficient (Wildman–Crippen LogP) is 1.39. The fourth-order valence-corrected chi connectivity index (χ4v) is 8.38. The minimum absolute atomic E-state index is 0.00146. The van der Waals surface area contributed by atoms with Crippen LogP contribution in [-0.2, 0) is 40.1 Å². The molecule has 0 saturated carbocycles. The molecular formula is C37H47FN7O10PS. The van der Waals surface area contributed by atoms with E-state index in [1.807, 2.05) is 13.8 Å². The summed E-state index contributed by atoms with van der Waals surface area (Å²) in [6, 6.07) is 5.13. The number of fused-ring (bicyclic) bond motifs is 2. The summed E-state index contributed by atoms with van der Waals surface area (Å²) >= 11 is 0. The number of nitrogens with two attached hydrogens (primary N) is 1. The Morgan fingerprint density at radius 1 is 1.07 bits per heavy atom. The maximum Gasteiger partial charge on any atom is 0.268 e. The van der Waals surface area contributed by atoms with Gasteiger partial charge in [0, 0.05) is 73.1 Å². The molecule has 3 aromatic rings. The average molecular weight is 832 g/mol. The summed E-state index contributed by atoms with van der Waals surface area (Å²) in [4.78, 5) is 95.5. The van der Waals surface area contributed by atoms with Gasteiger partial charge in [-0.15, -0.1) is 0 Å². The molecule has 0 aliphatic carbocycles. The summed E-state index contributed by atoms with van der Waals surface area (Å²) in [6.07, 6.45) is 1.68. The van der Waals surface area contributed by atoms with Crippen LogP contribution in [0.2, 0.25) is 0 Å². The van der Waals surface area contributed by atoms with Crippen LogP contribution in [0.25, 0.3) is 10.9 Å². The molecule has 3 heterocycles. The zero-order chi connectivity index (χ0) is 42.0. The van der Waals surface area contributed by atoms with Crippen LogP contribution in [-0.4, -0.2) is 119 Å². The second kappa shape index (κ2) is 17.3. The Kier molecular flexibility index (Phi) is 13.1. The number of aromatic amines is 1. The van der Waals surface area contributed by atoms with Crippen molar-refractivity contribution in [3.05, 3.63) is 65.1 Å². The van der Waals surface area contributed by atoms with Crippen molar-refractivity contribution in [2.24, 2.45) is 5.73 Å². The molecule has 7 N–H and O–H groups in total. The highest BCUT2D eigenvalue weighted by Gasteiger charge is 2.46. The SMILES string of the molecule is CC(C)N1CC[C@H]2CC[C@@H](C(=O)N[C@@H](CCC(N)=O)C(=O)NCc3ccc(S(C)(=O)=O)cc3F)N2C(=O)[C@@H](NC(=O)c2cc3cc(C(=O)P(C)(=O)O)ccc3[nH]2)C1. The van der Waals surface area contributed by atoms with Gasteiger partial charge in [-0.2, -0.15) is 0 Å². The van der Waals surface area contributed by atoms with Gasteiger partial charge in [0.15, 0.2) is 9.84 Å². The van der Waals surface area contributed by atoms with Gasteiger partial charge < -0.3 is 36.5 Å². The minimum atomic E-state index is -4.06. The van der Waals surface area contributed by atoms with E-state index in [-0.39, 0.29) is 66.2 Å². The summed E-state index contributed by atoms with van der Waals surface area (Å²) in [6.45, 7) is 5.17. The fourth-order valence-electron chi connectivity index (χ4n) is 7.13. The molecule has 57 heavy (non-hydrogen) atoms. The number of halogens is 1. The van der Waals surface area contributed by atoms with Crippen LogP contribution in [0.15, 0.2) is 47.4 Å². The number of primary amides is 1. The lowest BCUT2D eigenvalue weighted by molar-refractivity contribution is -0.144. The van der Waals surface area contributed by atoms with Gasteiger partial charge in [-0.1, -0.05) is 6.07 Å². The van der Waals surface area contributed by atoms with E-state index in [1.165, 1.54) is 41.3 Å². The number of nitrogens with zero attached hydrogens (tertiary/aromatic N) is 2. The lowest BCUT2D eigenvalue weighted by atomic mass is 10.1. The molecule has 0 radical (unpaired) electrons. The Labute approximate surface area is 328 Å². The zero-order valence-electron chi connectivity index (χ0n) is 31.9. The standard InChI is InChI=1S/C37H47FN7O10PS/c1-20(2)44-14-13-24-7-11-31(35(49)42-28(10-12-32(39)46)33(47)40-18-22-5-8-25(17-26(22)38)57(4,54)55)45(24)36(50)30(19-44)43-34(48)29-16-23-15-21(6-9-27(23)41-29)37(51)56(3,52)53/h5-6,8-9,15-17,20,24,28,30-31,41H,7,10-14,18-19H2,1-4H3,(H2,39,46)(H,40,47)(H,42,49)(H,43,48)(H,52,53)/t24-,28+,30+,31+/m1/s1. The summed E-state index contributed by atoms with van der Waals surface area (Å²) < 4.78 is 50.3. The third-order valence-corrected chi connectivity index (χ3v) is 12.4. The highest BCUT2D eigenvalue weighted by atomic mass is 32.2. The molecule has 5 rings (SSSR count). The number of hydrogen-bond acceptors (Lipinski definition) is 10. The predicted molar refractivity (Wildman–Crippen MR) is 206 cm³/mol. The van der Waals surface area contributed by atoms with Gasteiger partial charge in [-0.3, -0.25) is 38.2 Å². The molecule has 2 fully saturated rings. The molecule has 5 amide bonds. The average Bonchev–Trinajstić information content (AvgIpc) is 3.75. The second-order valence-corrected chi connectivity index (χ2v) is 19.1. The number of benzene rings is 2. The van der Waals surface area contributed by atoms with E-state index in [0.717, 1.165) is 19.0 Å². The molecule has 1 aromatic heterocycles. The Balaban J connectivity index is 1.34. The summed E-state index contributed by atoms with van der Waals surface area (Å²) in [7, 11) is -7.73. The Bertz CT molecular complexity index is 2260. The molecule has 0 bridgehead atoms. The Morgan fingerprint density at radius 3 is 2.42 bits per heavy atom. The van der Waals surface area contributed by atoms with Crippen LogP contribution in [0.4, 0.5) is 4.39 Å². The van der Waals surface area contributed by atoms with E-state index in [1.54, 1.807) is 0 Å². The number of rotatable bonds is 14. The molecule has 308 valence electrons. The first kappa shape index (κ1) is 43.2. The molecule has 0 spiro atoms. The molecule has 17 nitrogen and oxygen atoms in total. The molecular weight excluding hydrogens is 784 g/mol. The molecule has 1 unspecified atom stereocenters. The zero-order valence-corrected chi connectivity index (χ0v) is 33.6. The normalized spacial score (nSPS) is 20.6. The van der Waals surface area contributed by atoms with E-state index >= 15 is 0 Å². The van der Waals surface area contributed by atoms with Crippen LogP contribution < -0.4 is 21.7 Å². The van der Waals surface area contributed by atoms with Crippen LogP contribution in [0, 0.1) is 5.82 Å². The van der Waals surface area contributed by atoms with E-state index in [9.17, 15) is 51.0 Å². The van der Waals surface area contributed by atoms with Crippen molar-refractivity contribution in [2.75, 3.05) is 26.0 Å². The number of sulfone groups is 1. The number of aromatic nitrogens is 1. The number of carbonyl (C=O) groups is 6. The van der Waals surface area contributed by atoms with Gasteiger partial charge in [0.05, 0.1) is 4.90 Å². The van der Waals surface area contributed by atoms with Gasteiger partial charge in [-0.05, 0) is 75.9 Å². The molecule has 2 aliphatic heterocycles.